The summed E-state index contributed by atoms with van der Waals surface area (Å²) in [6.07, 6.45) is 2.97. The topological polar surface area (TPSA) is 103 Å². The average molecular weight is 560 g/mol. The Bertz CT molecular complexity index is 854. The first-order chi connectivity index (χ1) is 17.2. The average Bonchev–Trinajstić information content (AvgIpc) is 3.34. The van der Waals surface area contributed by atoms with Crippen molar-refractivity contribution in [1.82, 2.24) is 9.62 Å². The molecule has 0 aliphatic heterocycles. The highest BCUT2D eigenvalue weighted by Crippen LogP contribution is 2.25. The molecule has 1 aromatic rings. The fraction of sp³-hybridized carbons (Fsp3) is 0.615. The molecule has 0 radical (unpaired) electrons. The Morgan fingerprint density at radius 2 is 1.86 bits per heavy atom. The van der Waals surface area contributed by atoms with Gasteiger partial charge in [0, 0.05) is 31.2 Å². The van der Waals surface area contributed by atoms with Gasteiger partial charge in [0.25, 0.3) is 0 Å². The van der Waals surface area contributed by atoms with Gasteiger partial charge in [-0.3, -0.25) is 9.98 Å². The second-order valence-electron chi connectivity index (χ2n) is 7.62. The number of hydrogen-bond acceptors (Lipinski definition) is 7. The molecule has 1 aromatic heterocycles. The van der Waals surface area contributed by atoms with Crippen LogP contribution in [0, 0.1) is 0 Å². The molecule has 0 bridgehead atoms. The Hall–Kier alpha value is -1.62. The Balaban J connectivity index is 0. The van der Waals surface area contributed by atoms with Gasteiger partial charge in [-0.1, -0.05) is 73.6 Å². The molecule has 1 unspecified atom stereocenters. The summed E-state index contributed by atoms with van der Waals surface area (Å²) in [7, 11) is 0.297. The molecule has 0 spiro atoms. The van der Waals surface area contributed by atoms with E-state index in [2.05, 4.69) is 54.4 Å². The van der Waals surface area contributed by atoms with Crippen LogP contribution in [0.4, 0.5) is 0 Å². The van der Waals surface area contributed by atoms with Crippen molar-refractivity contribution < 1.29 is 9.32 Å². The standard InChI is InChI=1S/C21H35N5O2S3.C3H8.C2H6/c1-7-26(8-2)31(28)21(16(5)27)29-10-9-24-13-19(23-6)20(22)25-12-18-11-17(14-30-18)15(3)4;1-3-2;1-2/h9-11,14-15,24,27H,7-8,12-13H2,1-6H3,(H2,22,25);3H2,1-2H3;1-2H3/b10-9+,21-16-,23-19?;;. The van der Waals surface area contributed by atoms with Crippen LogP contribution in [-0.4, -0.2) is 51.8 Å². The third kappa shape index (κ3) is 14.8. The van der Waals surface area contributed by atoms with E-state index in [1.807, 2.05) is 27.7 Å². The van der Waals surface area contributed by atoms with Gasteiger partial charge in [-0.15, -0.1) is 11.3 Å². The summed E-state index contributed by atoms with van der Waals surface area (Å²) in [4.78, 5) is 9.87. The van der Waals surface area contributed by atoms with Crippen LogP contribution >= 0.6 is 23.1 Å². The lowest BCUT2D eigenvalue weighted by molar-refractivity contribution is 0.413. The van der Waals surface area contributed by atoms with Gasteiger partial charge in [-0.25, -0.2) is 8.51 Å². The lowest BCUT2D eigenvalue weighted by Crippen LogP contribution is -2.32. The predicted octanol–water partition coefficient (Wildman–Crippen LogP) is 6.79. The van der Waals surface area contributed by atoms with E-state index in [-0.39, 0.29) is 5.76 Å². The van der Waals surface area contributed by atoms with E-state index >= 15 is 0 Å². The largest absolute Gasteiger partial charge is 0.511 e. The second-order valence-corrected chi connectivity index (χ2v) is 11.2. The van der Waals surface area contributed by atoms with E-state index in [4.69, 9.17) is 5.73 Å². The minimum Gasteiger partial charge on any atom is -0.511 e. The summed E-state index contributed by atoms with van der Waals surface area (Å²) >= 11 is 2.91. The predicted molar refractivity (Wildman–Crippen MR) is 166 cm³/mol. The lowest BCUT2D eigenvalue weighted by Gasteiger charge is -2.18. The first kappa shape index (κ1) is 36.5. The molecule has 7 nitrogen and oxygen atoms in total. The highest BCUT2D eigenvalue weighted by atomic mass is 32.2. The van der Waals surface area contributed by atoms with Gasteiger partial charge in [-0.2, -0.15) is 0 Å². The Morgan fingerprint density at radius 3 is 2.31 bits per heavy atom. The zero-order valence-electron chi connectivity index (χ0n) is 23.9. The Labute approximate surface area is 231 Å². The summed E-state index contributed by atoms with van der Waals surface area (Å²) in [6, 6.07) is 2.17. The van der Waals surface area contributed by atoms with Crippen LogP contribution in [0.3, 0.4) is 0 Å². The number of nitrogens with two attached hydrogens (primary N) is 1. The third-order valence-corrected chi connectivity index (χ3v) is 8.37. The molecule has 1 atom stereocenters. The zero-order valence-corrected chi connectivity index (χ0v) is 26.4. The van der Waals surface area contributed by atoms with Crippen molar-refractivity contribution in [3.63, 3.8) is 0 Å². The SMILES string of the molecule is CC.CCC.CCN(CC)S(=O)/C(S/C=C/NCC(=NC)C(N)=NCc1cc(C(C)C)cs1)=C(/C)O. The number of thioether (sulfide) groups is 1. The van der Waals surface area contributed by atoms with E-state index < -0.39 is 11.0 Å². The number of thiophene rings is 1. The lowest BCUT2D eigenvalue weighted by atomic mass is 10.1. The third-order valence-electron chi connectivity index (χ3n) is 4.34. The maximum absolute atomic E-state index is 12.6. The molecule has 208 valence electrons. The van der Waals surface area contributed by atoms with E-state index in [9.17, 15) is 9.32 Å². The van der Waals surface area contributed by atoms with Gasteiger partial charge in [-0.05, 0) is 35.3 Å². The summed E-state index contributed by atoms with van der Waals surface area (Å²) in [5.41, 5.74) is 8.10. The van der Waals surface area contributed by atoms with Crippen molar-refractivity contribution in [3.05, 3.63) is 43.5 Å². The van der Waals surface area contributed by atoms with Crippen LogP contribution in [0.1, 0.15) is 85.1 Å². The van der Waals surface area contributed by atoms with Crippen molar-refractivity contribution in [2.75, 3.05) is 26.7 Å². The summed E-state index contributed by atoms with van der Waals surface area (Å²) in [5.74, 6) is 0.966. The number of nitrogens with zero attached hydrogens (tertiary/aromatic N) is 3. The highest BCUT2D eigenvalue weighted by molar-refractivity contribution is 8.17. The second kappa shape index (κ2) is 22.6. The molecular weight excluding hydrogens is 511 g/mol. The van der Waals surface area contributed by atoms with Crippen molar-refractivity contribution >= 4 is 45.6 Å². The molecule has 0 fully saturated rings. The Morgan fingerprint density at radius 1 is 1.28 bits per heavy atom. The van der Waals surface area contributed by atoms with Crippen LogP contribution < -0.4 is 11.1 Å². The van der Waals surface area contributed by atoms with Crippen LogP contribution in [0.2, 0.25) is 0 Å². The Kier molecular flexibility index (Phi) is 22.9. The molecule has 36 heavy (non-hydrogen) atoms. The minimum atomic E-state index is -1.39. The van der Waals surface area contributed by atoms with Gasteiger partial charge in [0.05, 0.1) is 18.8 Å². The molecule has 10 heteroatoms. The number of allylic oxidation sites excluding steroid dienone is 1. The number of nitrogens with one attached hydrogen (secondary N) is 1. The number of aliphatic imine (C=N–C) groups is 2. The molecule has 0 aromatic carbocycles. The first-order valence-electron chi connectivity index (χ1n) is 12.6. The first-order valence-corrected chi connectivity index (χ1v) is 15.5. The quantitative estimate of drug-likeness (QED) is 0.140. The van der Waals surface area contributed by atoms with Crippen molar-refractivity contribution in [2.24, 2.45) is 15.7 Å². The van der Waals surface area contributed by atoms with Crippen LogP contribution in [0.5, 0.6) is 0 Å². The zero-order chi connectivity index (χ0) is 28.1. The number of rotatable bonds is 13. The maximum atomic E-state index is 12.6. The van der Waals surface area contributed by atoms with Gasteiger partial charge in [0.2, 0.25) is 0 Å². The van der Waals surface area contributed by atoms with E-state index in [1.165, 1.54) is 28.6 Å². The summed E-state index contributed by atoms with van der Waals surface area (Å²) in [6.45, 7) is 20.2. The van der Waals surface area contributed by atoms with Gasteiger partial charge >= 0.3 is 0 Å². The number of aliphatic hydroxyl groups excluding tert-OH is 1. The number of amidine groups is 1. The molecule has 0 aliphatic carbocycles. The number of hydrogen-bond donors (Lipinski definition) is 3. The monoisotopic (exact) mass is 559 g/mol. The fourth-order valence-corrected chi connectivity index (χ4v) is 5.65. The maximum Gasteiger partial charge on any atom is 0.142 e. The van der Waals surface area contributed by atoms with Gasteiger partial charge < -0.3 is 16.2 Å². The summed E-state index contributed by atoms with van der Waals surface area (Å²) < 4.78 is 14.8. The van der Waals surface area contributed by atoms with Gasteiger partial charge in [0.15, 0.2) is 0 Å². The van der Waals surface area contributed by atoms with E-state index in [1.54, 1.807) is 41.2 Å². The fourth-order valence-electron chi connectivity index (χ4n) is 2.45. The number of aliphatic hydroxyl groups is 1. The molecule has 0 saturated heterocycles. The molecule has 1 rings (SSSR count). The normalized spacial score (nSPS) is 13.7. The van der Waals surface area contributed by atoms with E-state index in [0.717, 1.165) is 0 Å². The molecule has 4 N–H and O–H groups in total. The van der Waals surface area contributed by atoms with E-state index in [0.29, 0.717) is 47.9 Å². The van der Waals surface area contributed by atoms with Crippen LogP contribution in [-0.2, 0) is 17.5 Å². The van der Waals surface area contributed by atoms with Gasteiger partial charge in [0.1, 0.15) is 26.8 Å². The van der Waals surface area contributed by atoms with Crippen molar-refractivity contribution in [2.45, 2.75) is 81.2 Å². The minimum absolute atomic E-state index is 0.0567. The van der Waals surface area contributed by atoms with Crippen molar-refractivity contribution in [1.29, 1.82) is 0 Å². The summed E-state index contributed by atoms with van der Waals surface area (Å²) in [5, 5.41) is 16.9. The van der Waals surface area contributed by atoms with Crippen LogP contribution in [0.15, 0.2) is 43.0 Å². The van der Waals surface area contributed by atoms with Crippen LogP contribution in [0.25, 0.3) is 0 Å². The highest BCUT2D eigenvalue weighted by Gasteiger charge is 2.17. The molecule has 0 aliphatic rings. The molecule has 0 amide bonds. The smallest absolute Gasteiger partial charge is 0.142 e. The molecular formula is C26H49N5O2S3. The molecule has 0 saturated carbocycles. The van der Waals surface area contributed by atoms with Crippen molar-refractivity contribution in [3.8, 4) is 0 Å². The molecule has 1 heterocycles.